The average molecular weight is 432 g/mol. The van der Waals surface area contributed by atoms with E-state index >= 15 is 0 Å². The maximum absolute atomic E-state index is 12.9. The van der Waals surface area contributed by atoms with Crippen molar-refractivity contribution in [3.8, 4) is 11.3 Å². The molecule has 0 atom stereocenters. The molecule has 1 amide bonds. The van der Waals surface area contributed by atoms with Gasteiger partial charge in [0.2, 0.25) is 0 Å². The minimum absolute atomic E-state index is 0.222. The molecule has 1 aromatic carbocycles. The summed E-state index contributed by atoms with van der Waals surface area (Å²) in [4.78, 5) is 21.3. The summed E-state index contributed by atoms with van der Waals surface area (Å²) in [6, 6.07) is 9.19. The number of aryl methyl sites for hydroxylation is 1. The lowest BCUT2D eigenvalue weighted by atomic mass is 10.0. The highest BCUT2D eigenvalue weighted by atomic mass is 35.5. The van der Waals surface area contributed by atoms with E-state index in [1.165, 1.54) is 41.3 Å². The Balaban J connectivity index is 1.77. The van der Waals surface area contributed by atoms with Gasteiger partial charge in [-0.05, 0) is 30.3 Å². The lowest BCUT2D eigenvalue weighted by Gasteiger charge is -2.10. The van der Waals surface area contributed by atoms with Crippen molar-refractivity contribution in [3.05, 3.63) is 71.1 Å². The molecule has 0 aliphatic carbocycles. The number of hydrogen-bond donors (Lipinski definition) is 1. The molecule has 0 radical (unpaired) electrons. The second kappa shape index (κ2) is 7.42. The van der Waals surface area contributed by atoms with Gasteiger partial charge < -0.3 is 5.32 Å². The third kappa shape index (κ3) is 3.84. The Hall–Kier alpha value is -3.46. The Kier molecular flexibility index (Phi) is 4.90. The predicted molar refractivity (Wildman–Crippen MR) is 106 cm³/mol. The highest BCUT2D eigenvalue weighted by Gasteiger charge is 2.30. The number of nitrogens with one attached hydrogen (secondary N) is 1. The molecule has 10 heteroatoms. The summed E-state index contributed by atoms with van der Waals surface area (Å²) in [5, 5.41) is 7.59. The molecule has 30 heavy (non-hydrogen) atoms. The largest absolute Gasteiger partial charge is 0.416 e. The third-order valence-electron chi connectivity index (χ3n) is 4.44. The highest BCUT2D eigenvalue weighted by Crippen LogP contribution is 2.31. The van der Waals surface area contributed by atoms with Crippen LogP contribution in [0.5, 0.6) is 0 Å². The van der Waals surface area contributed by atoms with Crippen molar-refractivity contribution in [1.82, 2.24) is 19.7 Å². The number of carbonyl (C=O) groups excluding carboxylic acids is 1. The second-order valence-electron chi connectivity index (χ2n) is 6.46. The molecule has 0 fully saturated rings. The molecule has 3 heterocycles. The molecule has 152 valence electrons. The summed E-state index contributed by atoms with van der Waals surface area (Å²) in [5.41, 5.74) is 1.16. The first kappa shape index (κ1) is 19.8. The maximum atomic E-state index is 12.9. The van der Waals surface area contributed by atoms with Gasteiger partial charge in [0.25, 0.3) is 5.91 Å². The quantitative estimate of drug-likeness (QED) is 0.465. The fourth-order valence-electron chi connectivity index (χ4n) is 2.96. The fraction of sp³-hybridized carbons (Fsp3) is 0.100. The average Bonchev–Trinajstić information content (AvgIpc) is 3.07. The van der Waals surface area contributed by atoms with Crippen molar-refractivity contribution in [1.29, 1.82) is 0 Å². The first-order valence-corrected chi connectivity index (χ1v) is 9.03. The number of aromatic nitrogens is 4. The highest BCUT2D eigenvalue weighted by molar-refractivity contribution is 6.29. The molecule has 0 unspecified atom stereocenters. The number of fused-ring (bicyclic) bond motifs is 1. The van der Waals surface area contributed by atoms with Gasteiger partial charge in [-0.1, -0.05) is 23.7 Å². The number of rotatable bonds is 3. The van der Waals surface area contributed by atoms with Crippen LogP contribution in [0, 0.1) is 0 Å². The van der Waals surface area contributed by atoms with Crippen molar-refractivity contribution in [3.63, 3.8) is 0 Å². The van der Waals surface area contributed by atoms with Gasteiger partial charge in [0.15, 0.2) is 5.65 Å². The first-order valence-electron chi connectivity index (χ1n) is 8.65. The van der Waals surface area contributed by atoms with Crippen LogP contribution in [0.3, 0.4) is 0 Å². The van der Waals surface area contributed by atoms with Crippen LogP contribution in [-0.4, -0.2) is 25.7 Å². The first-order chi connectivity index (χ1) is 14.2. The van der Waals surface area contributed by atoms with E-state index in [2.05, 4.69) is 20.4 Å². The van der Waals surface area contributed by atoms with E-state index in [0.717, 1.165) is 12.1 Å². The minimum Gasteiger partial charge on any atom is -0.322 e. The molecule has 0 aliphatic heterocycles. The standard InChI is InChI=1S/C20H13ClF3N5O/c1-29-18-15(10-26-29)14(19(30)27-13-6-7-25-17(21)8-13)9-16(28-18)11-2-4-12(5-3-11)20(22,23)24/h2-10H,1H3,(H,25,27,30). The van der Waals surface area contributed by atoms with Gasteiger partial charge in [-0.25, -0.2) is 9.97 Å². The van der Waals surface area contributed by atoms with Crippen molar-refractivity contribution < 1.29 is 18.0 Å². The summed E-state index contributed by atoms with van der Waals surface area (Å²) in [5.74, 6) is -0.439. The monoisotopic (exact) mass is 431 g/mol. The van der Waals surface area contributed by atoms with Crippen LogP contribution in [-0.2, 0) is 13.2 Å². The number of amides is 1. The van der Waals surface area contributed by atoms with Crippen LogP contribution in [0.1, 0.15) is 15.9 Å². The van der Waals surface area contributed by atoms with E-state index in [-0.39, 0.29) is 10.7 Å². The molecule has 4 aromatic rings. The smallest absolute Gasteiger partial charge is 0.322 e. The molecule has 0 aliphatic rings. The van der Waals surface area contributed by atoms with Crippen molar-refractivity contribution in [2.45, 2.75) is 6.18 Å². The fourth-order valence-corrected chi connectivity index (χ4v) is 3.13. The zero-order chi connectivity index (χ0) is 21.5. The van der Waals surface area contributed by atoms with E-state index < -0.39 is 17.6 Å². The number of hydrogen-bond acceptors (Lipinski definition) is 4. The van der Waals surface area contributed by atoms with E-state index in [0.29, 0.717) is 28.0 Å². The number of alkyl halides is 3. The summed E-state index contributed by atoms with van der Waals surface area (Å²) in [7, 11) is 1.66. The van der Waals surface area contributed by atoms with Crippen LogP contribution in [0.15, 0.2) is 54.9 Å². The summed E-state index contributed by atoms with van der Waals surface area (Å²) in [6.45, 7) is 0. The van der Waals surface area contributed by atoms with Crippen LogP contribution >= 0.6 is 11.6 Å². The lowest BCUT2D eigenvalue weighted by molar-refractivity contribution is -0.137. The SMILES string of the molecule is Cn1ncc2c(C(=O)Nc3ccnc(Cl)c3)cc(-c3ccc(C(F)(F)F)cc3)nc21. The number of benzene rings is 1. The molecule has 0 bridgehead atoms. The van der Waals surface area contributed by atoms with Crippen LogP contribution < -0.4 is 5.32 Å². The zero-order valence-corrected chi connectivity index (χ0v) is 16.2. The summed E-state index contributed by atoms with van der Waals surface area (Å²) in [6.07, 6.45) is -1.47. The maximum Gasteiger partial charge on any atom is 0.416 e. The van der Waals surface area contributed by atoms with E-state index in [1.54, 1.807) is 13.1 Å². The molecule has 0 spiro atoms. The number of carbonyl (C=O) groups is 1. The summed E-state index contributed by atoms with van der Waals surface area (Å²) < 4.78 is 40.0. The van der Waals surface area contributed by atoms with Gasteiger partial charge in [0, 0.05) is 24.5 Å². The Morgan fingerprint density at radius 3 is 2.53 bits per heavy atom. The normalized spacial score (nSPS) is 11.6. The topological polar surface area (TPSA) is 72.7 Å². The Morgan fingerprint density at radius 2 is 1.87 bits per heavy atom. The van der Waals surface area contributed by atoms with Crippen LogP contribution in [0.25, 0.3) is 22.3 Å². The van der Waals surface area contributed by atoms with E-state index in [9.17, 15) is 18.0 Å². The molecule has 6 nitrogen and oxygen atoms in total. The summed E-state index contributed by atoms with van der Waals surface area (Å²) >= 11 is 5.86. The van der Waals surface area contributed by atoms with Gasteiger partial charge in [-0.15, -0.1) is 0 Å². The molecule has 0 saturated heterocycles. The Labute approximate surface area is 173 Å². The van der Waals surface area contributed by atoms with Gasteiger partial charge >= 0.3 is 6.18 Å². The van der Waals surface area contributed by atoms with E-state index in [1.807, 2.05) is 0 Å². The Bertz CT molecular complexity index is 1250. The molecular weight excluding hydrogens is 419 g/mol. The lowest BCUT2D eigenvalue weighted by Crippen LogP contribution is -2.13. The van der Waals surface area contributed by atoms with Gasteiger partial charge in [-0.3, -0.25) is 9.48 Å². The Morgan fingerprint density at radius 1 is 1.13 bits per heavy atom. The predicted octanol–water partition coefficient (Wildman–Crippen LogP) is 4.95. The molecule has 0 saturated carbocycles. The van der Waals surface area contributed by atoms with Crippen LogP contribution in [0.4, 0.5) is 18.9 Å². The van der Waals surface area contributed by atoms with Gasteiger partial charge in [-0.2, -0.15) is 18.3 Å². The number of halogens is 4. The van der Waals surface area contributed by atoms with Gasteiger partial charge in [0.1, 0.15) is 5.15 Å². The van der Waals surface area contributed by atoms with Crippen molar-refractivity contribution in [2.75, 3.05) is 5.32 Å². The number of pyridine rings is 2. The zero-order valence-electron chi connectivity index (χ0n) is 15.4. The second-order valence-corrected chi connectivity index (χ2v) is 6.84. The molecule has 4 rings (SSSR count). The molecule has 1 N–H and O–H groups in total. The molecule has 3 aromatic heterocycles. The van der Waals surface area contributed by atoms with Crippen molar-refractivity contribution >= 4 is 34.2 Å². The van der Waals surface area contributed by atoms with Gasteiger partial charge in [0.05, 0.1) is 28.4 Å². The van der Waals surface area contributed by atoms with E-state index in [4.69, 9.17) is 11.6 Å². The number of anilines is 1. The number of nitrogens with zero attached hydrogens (tertiary/aromatic N) is 4. The molecular formula is C20H13ClF3N5O. The van der Waals surface area contributed by atoms with Crippen LogP contribution in [0.2, 0.25) is 5.15 Å². The van der Waals surface area contributed by atoms with Crippen molar-refractivity contribution in [2.24, 2.45) is 7.05 Å². The third-order valence-corrected chi connectivity index (χ3v) is 4.65. The minimum atomic E-state index is -4.44.